The van der Waals surface area contributed by atoms with E-state index in [2.05, 4.69) is 24.2 Å². The zero-order valence-electron chi connectivity index (χ0n) is 17.6. The Kier molecular flexibility index (Phi) is 4.12. The van der Waals surface area contributed by atoms with Crippen molar-refractivity contribution in [2.45, 2.75) is 82.9 Å². The van der Waals surface area contributed by atoms with Gasteiger partial charge in [-0.2, -0.15) is 5.10 Å². The second-order valence-corrected chi connectivity index (χ2v) is 9.60. The largest absolute Gasteiger partial charge is 0.489 e. The summed E-state index contributed by atoms with van der Waals surface area (Å²) in [5, 5.41) is 4.58. The van der Waals surface area contributed by atoms with E-state index in [0.29, 0.717) is 6.04 Å². The number of hydrogen-bond donors (Lipinski definition) is 1. The van der Waals surface area contributed by atoms with Crippen LogP contribution in [-0.2, 0) is 11.2 Å². The Hall–Kier alpha value is -2.50. The summed E-state index contributed by atoms with van der Waals surface area (Å²) in [6.07, 6.45) is 11.8. The number of nitrogen functional groups attached to an aromatic ring is 1. The molecule has 30 heavy (non-hydrogen) atoms. The van der Waals surface area contributed by atoms with Crippen molar-refractivity contribution >= 4 is 17.4 Å². The first-order chi connectivity index (χ1) is 14.6. The normalized spacial score (nSPS) is 23.8. The molecule has 1 aliphatic heterocycles. The Bertz CT molecular complexity index is 1000. The lowest BCUT2D eigenvalue weighted by atomic mass is 9.90. The first kappa shape index (κ1) is 18.3. The van der Waals surface area contributed by atoms with Gasteiger partial charge in [-0.1, -0.05) is 0 Å². The van der Waals surface area contributed by atoms with Gasteiger partial charge in [-0.3, -0.25) is 4.79 Å². The van der Waals surface area contributed by atoms with Crippen LogP contribution in [-0.4, -0.2) is 27.8 Å². The summed E-state index contributed by atoms with van der Waals surface area (Å²) in [4.78, 5) is 15.1. The van der Waals surface area contributed by atoms with Gasteiger partial charge in [0.2, 0.25) is 5.91 Å². The topological polar surface area (TPSA) is 73.4 Å². The molecule has 1 amide bonds. The van der Waals surface area contributed by atoms with E-state index >= 15 is 0 Å². The van der Waals surface area contributed by atoms with E-state index in [1.807, 2.05) is 15.8 Å². The fourth-order valence-corrected chi connectivity index (χ4v) is 4.86. The highest BCUT2D eigenvalue weighted by molar-refractivity contribution is 5.99. The van der Waals surface area contributed by atoms with Crippen molar-refractivity contribution in [2.75, 3.05) is 10.6 Å². The van der Waals surface area contributed by atoms with Crippen LogP contribution in [0.2, 0.25) is 0 Å². The fourth-order valence-electron chi connectivity index (χ4n) is 4.86. The zero-order valence-corrected chi connectivity index (χ0v) is 17.6. The minimum absolute atomic E-state index is 0.210. The minimum atomic E-state index is 0.210. The van der Waals surface area contributed by atoms with Gasteiger partial charge in [0.1, 0.15) is 11.6 Å². The molecule has 3 fully saturated rings. The number of amides is 1. The number of ether oxygens (including phenoxy) is 1. The highest BCUT2D eigenvalue weighted by Gasteiger charge is 2.40. The second kappa shape index (κ2) is 6.76. The number of hydrogen-bond acceptors (Lipinski definition) is 4. The van der Waals surface area contributed by atoms with Gasteiger partial charge in [0.05, 0.1) is 24.0 Å². The predicted molar refractivity (Wildman–Crippen MR) is 117 cm³/mol. The summed E-state index contributed by atoms with van der Waals surface area (Å²) in [6.45, 7) is 2.17. The van der Waals surface area contributed by atoms with Crippen LogP contribution >= 0.6 is 0 Å². The van der Waals surface area contributed by atoms with E-state index < -0.39 is 0 Å². The Balaban J connectivity index is 1.46. The van der Waals surface area contributed by atoms with Crippen LogP contribution in [0.25, 0.3) is 11.1 Å². The van der Waals surface area contributed by atoms with E-state index in [0.717, 1.165) is 79.7 Å². The van der Waals surface area contributed by atoms with E-state index in [9.17, 15) is 4.79 Å². The molecule has 6 nitrogen and oxygen atoms in total. The maximum Gasteiger partial charge on any atom is 0.230 e. The molecule has 2 N–H and O–H groups in total. The molecule has 6 rings (SSSR count). The molecule has 1 aromatic heterocycles. The lowest BCUT2D eigenvalue weighted by Gasteiger charge is -2.38. The van der Waals surface area contributed by atoms with Crippen molar-refractivity contribution in [3.63, 3.8) is 0 Å². The van der Waals surface area contributed by atoms with Gasteiger partial charge in [-0.25, -0.2) is 4.68 Å². The van der Waals surface area contributed by atoms with Crippen LogP contribution in [0.15, 0.2) is 18.3 Å². The van der Waals surface area contributed by atoms with Crippen LogP contribution in [0.1, 0.15) is 69.9 Å². The van der Waals surface area contributed by atoms with Gasteiger partial charge < -0.3 is 15.4 Å². The molecule has 6 heteroatoms. The maximum absolute atomic E-state index is 13.1. The van der Waals surface area contributed by atoms with Crippen molar-refractivity contribution in [2.24, 2.45) is 5.92 Å². The average Bonchev–Trinajstić information content (AvgIpc) is 3.62. The summed E-state index contributed by atoms with van der Waals surface area (Å²) in [7, 11) is 0. The number of benzene rings is 1. The molecule has 0 bridgehead atoms. The third-order valence-corrected chi connectivity index (χ3v) is 7.27. The molecule has 1 aromatic carbocycles. The van der Waals surface area contributed by atoms with Crippen LogP contribution in [0.5, 0.6) is 5.75 Å². The van der Waals surface area contributed by atoms with Crippen molar-refractivity contribution in [1.29, 1.82) is 0 Å². The number of anilines is 2. The van der Waals surface area contributed by atoms with Crippen molar-refractivity contribution < 1.29 is 9.53 Å². The summed E-state index contributed by atoms with van der Waals surface area (Å²) in [6, 6.07) is 4.89. The molecule has 1 atom stereocenters. The lowest BCUT2D eigenvalue weighted by molar-refractivity contribution is -0.120. The molecule has 4 aliphatic rings. The molecule has 0 radical (unpaired) electrons. The van der Waals surface area contributed by atoms with Gasteiger partial charge in [0.25, 0.3) is 0 Å². The third kappa shape index (κ3) is 2.91. The van der Waals surface area contributed by atoms with Crippen molar-refractivity contribution in [3.8, 4) is 16.9 Å². The van der Waals surface area contributed by atoms with Gasteiger partial charge in [0, 0.05) is 28.7 Å². The minimum Gasteiger partial charge on any atom is -0.489 e. The highest BCUT2D eigenvalue weighted by Crippen LogP contribution is 2.48. The predicted octanol–water partition coefficient (Wildman–Crippen LogP) is 4.48. The van der Waals surface area contributed by atoms with E-state index in [1.54, 1.807) is 0 Å². The number of carbonyl (C=O) groups excluding carboxylic acids is 1. The van der Waals surface area contributed by atoms with Gasteiger partial charge >= 0.3 is 0 Å². The molecule has 0 saturated heterocycles. The molecule has 3 aliphatic carbocycles. The molecular weight excluding hydrogens is 376 g/mol. The lowest BCUT2D eigenvalue weighted by Crippen LogP contribution is -2.43. The Morgan fingerprint density at radius 2 is 1.90 bits per heavy atom. The number of carbonyl (C=O) groups is 1. The SMILES string of the molecule is CC1CCc2c(ccc(-c3cnn(C4CC4)c3N)c2OC2CCC2)N1C(=O)C1CC1. The number of nitrogens with zero attached hydrogens (tertiary/aromatic N) is 3. The van der Waals surface area contributed by atoms with Crippen molar-refractivity contribution in [3.05, 3.63) is 23.9 Å². The standard InChI is InChI=1S/C24H30N4O2/c1-14-5-10-19-21(27(14)24(29)15-6-7-15)12-11-18(22(19)30-17-3-2-4-17)20-13-26-28(23(20)25)16-8-9-16/h11-17H,2-10,25H2,1H3. The number of nitrogens with two attached hydrogens (primary N) is 1. The first-order valence-corrected chi connectivity index (χ1v) is 11.6. The molecule has 158 valence electrons. The summed E-state index contributed by atoms with van der Waals surface area (Å²) < 4.78 is 8.55. The van der Waals surface area contributed by atoms with Crippen LogP contribution in [0, 0.1) is 5.92 Å². The first-order valence-electron chi connectivity index (χ1n) is 11.6. The van der Waals surface area contributed by atoms with Crippen LogP contribution < -0.4 is 15.4 Å². The molecule has 3 saturated carbocycles. The molecular formula is C24H30N4O2. The fraction of sp³-hybridized carbons (Fsp3) is 0.583. The average molecular weight is 407 g/mol. The van der Waals surface area contributed by atoms with Gasteiger partial charge in [0.15, 0.2) is 0 Å². The smallest absolute Gasteiger partial charge is 0.230 e. The molecule has 1 unspecified atom stereocenters. The molecule has 2 aromatic rings. The van der Waals surface area contributed by atoms with E-state index in [4.69, 9.17) is 10.5 Å². The van der Waals surface area contributed by atoms with E-state index in [-0.39, 0.29) is 24.0 Å². The Morgan fingerprint density at radius 1 is 1.10 bits per heavy atom. The molecule has 2 heterocycles. The summed E-state index contributed by atoms with van der Waals surface area (Å²) in [5.41, 5.74) is 10.7. The number of rotatable bonds is 5. The summed E-state index contributed by atoms with van der Waals surface area (Å²) in [5.74, 6) is 2.15. The second-order valence-electron chi connectivity index (χ2n) is 9.60. The monoisotopic (exact) mass is 406 g/mol. The van der Waals surface area contributed by atoms with Gasteiger partial charge in [-0.05, 0) is 76.8 Å². The quantitative estimate of drug-likeness (QED) is 0.795. The number of fused-ring (bicyclic) bond motifs is 1. The van der Waals surface area contributed by atoms with Crippen LogP contribution in [0.4, 0.5) is 11.5 Å². The third-order valence-electron chi connectivity index (χ3n) is 7.27. The Morgan fingerprint density at radius 3 is 2.57 bits per heavy atom. The summed E-state index contributed by atoms with van der Waals surface area (Å²) >= 11 is 0. The number of aromatic nitrogens is 2. The molecule has 0 spiro atoms. The van der Waals surface area contributed by atoms with E-state index in [1.165, 1.54) is 12.0 Å². The van der Waals surface area contributed by atoms with Crippen LogP contribution in [0.3, 0.4) is 0 Å². The maximum atomic E-state index is 13.1. The van der Waals surface area contributed by atoms with Crippen molar-refractivity contribution in [1.82, 2.24) is 9.78 Å². The zero-order chi connectivity index (χ0) is 20.4. The Labute approximate surface area is 177 Å². The van der Waals surface area contributed by atoms with Gasteiger partial charge in [-0.15, -0.1) is 0 Å². The highest BCUT2D eigenvalue weighted by atomic mass is 16.5.